The van der Waals surface area contributed by atoms with Gasteiger partial charge < -0.3 is 10.6 Å². The largest absolute Gasteiger partial charge is 0.356 e. The number of sulfone groups is 1. The lowest BCUT2D eigenvalue weighted by Crippen LogP contribution is -2.49. The highest BCUT2D eigenvalue weighted by atomic mass is 32.2. The minimum absolute atomic E-state index is 0.194. The van der Waals surface area contributed by atoms with Crippen LogP contribution in [0.1, 0.15) is 60.3 Å². The Morgan fingerprint density at radius 1 is 1.05 bits per heavy atom. The van der Waals surface area contributed by atoms with Gasteiger partial charge in [0.2, 0.25) is 0 Å². The predicted octanol–water partition coefficient (Wildman–Crippen LogP) is 2.58. The summed E-state index contributed by atoms with van der Waals surface area (Å²) in [5, 5.41) is 6.42. The van der Waals surface area contributed by atoms with Gasteiger partial charge >= 0.3 is 0 Å². The molecular formula is C16H35N3O2S. The first-order chi connectivity index (χ1) is 9.95. The molecule has 0 aromatic carbocycles. The highest BCUT2D eigenvalue weighted by Crippen LogP contribution is 2.22. The van der Waals surface area contributed by atoms with Crippen molar-refractivity contribution in [2.24, 2.45) is 10.4 Å². The molecule has 0 saturated carbocycles. The lowest BCUT2D eigenvalue weighted by molar-refractivity contribution is 0.318. The molecule has 0 bridgehead atoms. The van der Waals surface area contributed by atoms with E-state index in [1.54, 1.807) is 20.9 Å². The Bertz CT molecular complexity index is 454. The van der Waals surface area contributed by atoms with Crippen LogP contribution in [0.15, 0.2) is 4.99 Å². The molecule has 0 aliphatic carbocycles. The molecule has 0 saturated heterocycles. The van der Waals surface area contributed by atoms with E-state index in [4.69, 9.17) is 0 Å². The molecule has 0 fully saturated rings. The maximum absolute atomic E-state index is 11.7. The van der Waals surface area contributed by atoms with E-state index in [1.807, 2.05) is 0 Å². The molecule has 0 aliphatic rings. The summed E-state index contributed by atoms with van der Waals surface area (Å²) >= 11 is 0. The van der Waals surface area contributed by atoms with Gasteiger partial charge in [0, 0.05) is 26.4 Å². The Balaban J connectivity index is 4.40. The Hall–Kier alpha value is -0.780. The van der Waals surface area contributed by atoms with Gasteiger partial charge in [-0.2, -0.15) is 0 Å². The van der Waals surface area contributed by atoms with Crippen LogP contribution in [0.3, 0.4) is 0 Å². The van der Waals surface area contributed by atoms with Crippen molar-refractivity contribution >= 4 is 15.8 Å². The van der Waals surface area contributed by atoms with Gasteiger partial charge in [-0.15, -0.1) is 0 Å². The summed E-state index contributed by atoms with van der Waals surface area (Å²) in [6.07, 6.45) is 6.16. The second-order valence-electron chi connectivity index (χ2n) is 7.43. The average Bonchev–Trinajstić information content (AvgIpc) is 2.37. The van der Waals surface area contributed by atoms with E-state index >= 15 is 0 Å². The normalized spacial score (nSPS) is 14.0. The highest BCUT2D eigenvalue weighted by Gasteiger charge is 2.30. The van der Waals surface area contributed by atoms with E-state index in [0.717, 1.165) is 6.54 Å². The average molecular weight is 334 g/mol. The summed E-state index contributed by atoms with van der Waals surface area (Å²) < 4.78 is 22.6. The zero-order chi connectivity index (χ0) is 17.4. The van der Waals surface area contributed by atoms with Gasteiger partial charge in [-0.25, -0.2) is 8.42 Å². The van der Waals surface area contributed by atoms with Gasteiger partial charge in [-0.05, 0) is 25.7 Å². The van der Waals surface area contributed by atoms with Gasteiger partial charge in [0.1, 0.15) is 0 Å². The standard InChI is InChI=1S/C16H35N3O2S/c1-8-9-10-11-15(2,3)12-18-14(17-6)19-13-16(4,5)22(7,20)21/h8-13H2,1-7H3,(H2,17,18,19). The molecule has 132 valence electrons. The molecule has 0 aromatic rings. The van der Waals surface area contributed by atoms with Gasteiger partial charge in [-0.3, -0.25) is 4.99 Å². The Morgan fingerprint density at radius 3 is 2.05 bits per heavy atom. The summed E-state index contributed by atoms with van der Waals surface area (Å²) in [5.74, 6) is 0.653. The quantitative estimate of drug-likeness (QED) is 0.386. The first kappa shape index (κ1) is 21.2. The summed E-state index contributed by atoms with van der Waals surface area (Å²) in [6, 6.07) is 0. The van der Waals surface area contributed by atoms with Crippen LogP contribution in [0.2, 0.25) is 0 Å². The highest BCUT2D eigenvalue weighted by molar-refractivity contribution is 7.92. The number of nitrogens with one attached hydrogen (secondary N) is 2. The van der Waals surface area contributed by atoms with Crippen LogP contribution in [-0.2, 0) is 9.84 Å². The SMILES string of the molecule is CCCCCC(C)(C)CNC(=NC)NCC(C)(C)S(C)(=O)=O. The minimum Gasteiger partial charge on any atom is -0.356 e. The third-order valence-electron chi connectivity index (χ3n) is 4.10. The maximum Gasteiger partial charge on any atom is 0.191 e. The maximum atomic E-state index is 11.7. The lowest BCUT2D eigenvalue weighted by Gasteiger charge is -2.28. The van der Waals surface area contributed by atoms with Gasteiger partial charge in [-0.1, -0.05) is 40.0 Å². The molecule has 0 spiro atoms. The van der Waals surface area contributed by atoms with Crippen LogP contribution in [0.4, 0.5) is 0 Å². The molecule has 5 nitrogen and oxygen atoms in total. The Kier molecular flexibility index (Phi) is 8.44. The van der Waals surface area contributed by atoms with E-state index in [0.29, 0.717) is 12.5 Å². The van der Waals surface area contributed by atoms with E-state index in [-0.39, 0.29) is 5.41 Å². The van der Waals surface area contributed by atoms with Crippen LogP contribution < -0.4 is 10.6 Å². The summed E-state index contributed by atoms with van der Waals surface area (Å²) in [6.45, 7) is 11.3. The number of hydrogen-bond acceptors (Lipinski definition) is 3. The summed E-state index contributed by atoms with van der Waals surface area (Å²) in [4.78, 5) is 4.17. The molecule has 0 aromatic heterocycles. The lowest BCUT2D eigenvalue weighted by atomic mass is 9.87. The number of nitrogens with zero attached hydrogens (tertiary/aromatic N) is 1. The van der Waals surface area contributed by atoms with Gasteiger partial charge in [0.25, 0.3) is 0 Å². The zero-order valence-electron chi connectivity index (χ0n) is 15.4. The molecule has 0 radical (unpaired) electrons. The second-order valence-corrected chi connectivity index (χ2v) is 10.1. The van der Waals surface area contributed by atoms with Crippen molar-refractivity contribution in [2.75, 3.05) is 26.4 Å². The van der Waals surface area contributed by atoms with Gasteiger partial charge in [0.05, 0.1) is 4.75 Å². The molecule has 0 rings (SSSR count). The minimum atomic E-state index is -3.11. The third kappa shape index (κ3) is 8.01. The smallest absolute Gasteiger partial charge is 0.191 e. The summed E-state index contributed by atoms with van der Waals surface area (Å²) in [7, 11) is -1.41. The van der Waals surface area contributed by atoms with Crippen LogP contribution in [-0.4, -0.2) is 45.5 Å². The number of rotatable bonds is 9. The van der Waals surface area contributed by atoms with Crippen LogP contribution in [0.5, 0.6) is 0 Å². The number of hydrogen-bond donors (Lipinski definition) is 2. The topological polar surface area (TPSA) is 70.6 Å². The molecular weight excluding hydrogens is 298 g/mol. The van der Waals surface area contributed by atoms with Crippen LogP contribution >= 0.6 is 0 Å². The fraction of sp³-hybridized carbons (Fsp3) is 0.938. The number of unbranched alkanes of at least 4 members (excludes halogenated alkanes) is 2. The van der Waals surface area contributed by atoms with E-state index in [1.165, 1.54) is 31.9 Å². The second kappa shape index (κ2) is 8.75. The monoisotopic (exact) mass is 333 g/mol. The van der Waals surface area contributed by atoms with Crippen molar-refractivity contribution in [2.45, 2.75) is 65.0 Å². The van der Waals surface area contributed by atoms with Crippen molar-refractivity contribution in [3.8, 4) is 0 Å². The predicted molar refractivity (Wildman–Crippen MR) is 96.2 cm³/mol. The third-order valence-corrected chi connectivity index (χ3v) is 6.25. The molecule has 0 atom stereocenters. The first-order valence-corrected chi connectivity index (χ1v) is 9.98. The van der Waals surface area contributed by atoms with E-state index in [9.17, 15) is 8.42 Å². The van der Waals surface area contributed by atoms with Crippen molar-refractivity contribution < 1.29 is 8.42 Å². The molecule has 22 heavy (non-hydrogen) atoms. The molecule has 0 heterocycles. The van der Waals surface area contributed by atoms with Crippen LogP contribution in [0, 0.1) is 5.41 Å². The fourth-order valence-corrected chi connectivity index (χ4v) is 2.25. The van der Waals surface area contributed by atoms with E-state index in [2.05, 4.69) is 36.4 Å². The van der Waals surface area contributed by atoms with Crippen molar-refractivity contribution in [3.63, 3.8) is 0 Å². The van der Waals surface area contributed by atoms with Gasteiger partial charge in [0.15, 0.2) is 15.8 Å². The molecule has 0 unspecified atom stereocenters. The van der Waals surface area contributed by atoms with Crippen molar-refractivity contribution in [1.82, 2.24) is 10.6 Å². The number of guanidine groups is 1. The summed E-state index contributed by atoms with van der Waals surface area (Å²) in [5.41, 5.74) is 0.194. The molecule has 0 aliphatic heterocycles. The van der Waals surface area contributed by atoms with Crippen molar-refractivity contribution in [3.05, 3.63) is 0 Å². The van der Waals surface area contributed by atoms with E-state index < -0.39 is 14.6 Å². The Morgan fingerprint density at radius 2 is 1.59 bits per heavy atom. The van der Waals surface area contributed by atoms with Crippen molar-refractivity contribution in [1.29, 1.82) is 0 Å². The molecule has 2 N–H and O–H groups in total. The molecule has 6 heteroatoms. The van der Waals surface area contributed by atoms with Crippen LogP contribution in [0.25, 0.3) is 0 Å². The zero-order valence-corrected chi connectivity index (χ0v) is 16.2. The number of aliphatic imine (C=N–C) groups is 1. The molecule has 0 amide bonds. The fourth-order valence-electron chi connectivity index (χ4n) is 1.91. The Labute approximate surface area is 137 Å². The first-order valence-electron chi connectivity index (χ1n) is 8.09.